The number of halogens is 1. The number of hydrogen-bond donors (Lipinski definition) is 0. The Morgan fingerprint density at radius 2 is 1.70 bits per heavy atom. The fraction of sp³-hybridized carbons (Fsp3) is 0.393. The molecule has 1 aliphatic heterocycles. The summed E-state index contributed by atoms with van der Waals surface area (Å²) in [5.74, 6) is -0.539. The fourth-order valence-corrected chi connectivity index (χ4v) is 6.65. The molecule has 0 N–H and O–H groups in total. The Morgan fingerprint density at radius 1 is 1.07 bits per heavy atom. The van der Waals surface area contributed by atoms with E-state index in [0.29, 0.717) is 36.3 Å². The number of piperidine rings is 1. The zero-order chi connectivity index (χ0) is 29.4. The van der Waals surface area contributed by atoms with Crippen LogP contribution >= 0.6 is 11.6 Å². The van der Waals surface area contributed by atoms with Crippen LogP contribution in [0.4, 0.5) is 5.69 Å². The summed E-state index contributed by atoms with van der Waals surface area (Å²) in [6, 6.07) is 12.5. The molecular formula is C28H33ClN4O6S. The van der Waals surface area contributed by atoms with Crippen molar-refractivity contribution >= 4 is 39.2 Å². The van der Waals surface area contributed by atoms with Crippen molar-refractivity contribution in [3.05, 3.63) is 75.2 Å². The highest BCUT2D eigenvalue weighted by Gasteiger charge is 2.31. The van der Waals surface area contributed by atoms with Gasteiger partial charge in [0.05, 0.1) is 26.9 Å². The molecule has 1 fully saturated rings. The number of carbonyl (C=O) groups excluding carboxylic acids is 2. The number of anilines is 1. The van der Waals surface area contributed by atoms with Gasteiger partial charge in [-0.3, -0.25) is 18.6 Å². The average molecular weight is 589 g/mol. The zero-order valence-electron chi connectivity index (χ0n) is 23.1. The van der Waals surface area contributed by atoms with Gasteiger partial charge in [0.25, 0.3) is 21.5 Å². The van der Waals surface area contributed by atoms with Crippen molar-refractivity contribution in [1.29, 1.82) is 0 Å². The van der Waals surface area contributed by atoms with Crippen molar-refractivity contribution in [2.24, 2.45) is 18.9 Å². The first-order valence-electron chi connectivity index (χ1n) is 12.9. The predicted octanol–water partition coefficient (Wildman–Crippen LogP) is 3.62. The molecule has 214 valence electrons. The van der Waals surface area contributed by atoms with Crippen LogP contribution in [0.25, 0.3) is 5.69 Å². The van der Waals surface area contributed by atoms with E-state index in [9.17, 15) is 22.8 Å². The molecule has 40 heavy (non-hydrogen) atoms. The summed E-state index contributed by atoms with van der Waals surface area (Å²) in [4.78, 5) is 40.3. The van der Waals surface area contributed by atoms with E-state index in [4.69, 9.17) is 16.3 Å². The maximum atomic E-state index is 13.6. The molecule has 0 radical (unpaired) electrons. The zero-order valence-corrected chi connectivity index (χ0v) is 24.7. The standard InChI is InChI=1S/C28H33ClN4O6S/c1-18-13-19(2)16-32(15-18)25(34)17-39-28(36)23-14-22(11-12-24(23)29)40(37,38)31(5)26-20(3)30(4)33(27(26)35)21-9-7-6-8-10-21/h6-12,14,18-19H,13,15-17H2,1-5H3. The third-order valence-corrected chi connectivity index (χ3v) is 9.29. The van der Waals surface area contributed by atoms with E-state index in [1.165, 1.54) is 23.9 Å². The topological polar surface area (TPSA) is 111 Å². The molecule has 2 unspecified atom stereocenters. The summed E-state index contributed by atoms with van der Waals surface area (Å²) in [5, 5.41) is -0.0263. The molecule has 0 aliphatic carbocycles. The van der Waals surface area contributed by atoms with Gasteiger partial charge < -0.3 is 9.64 Å². The van der Waals surface area contributed by atoms with Gasteiger partial charge in [0.1, 0.15) is 5.69 Å². The van der Waals surface area contributed by atoms with Crippen LogP contribution in [0.15, 0.2) is 58.2 Å². The van der Waals surface area contributed by atoms with E-state index < -0.39 is 28.2 Å². The van der Waals surface area contributed by atoms with E-state index in [2.05, 4.69) is 13.8 Å². The Hall–Kier alpha value is -3.57. The Balaban J connectivity index is 1.58. The first kappa shape index (κ1) is 29.4. The third kappa shape index (κ3) is 5.66. The lowest BCUT2D eigenvalue weighted by molar-refractivity contribution is -0.137. The number of likely N-dealkylation sites (tertiary alicyclic amines) is 1. The number of rotatable bonds is 7. The van der Waals surface area contributed by atoms with E-state index in [0.717, 1.165) is 16.8 Å². The Morgan fingerprint density at radius 3 is 2.33 bits per heavy atom. The van der Waals surface area contributed by atoms with Crippen LogP contribution in [0.1, 0.15) is 36.3 Å². The molecule has 2 heterocycles. The second-order valence-electron chi connectivity index (χ2n) is 10.3. The molecule has 0 spiro atoms. The maximum absolute atomic E-state index is 13.6. The van der Waals surface area contributed by atoms with Crippen molar-refractivity contribution in [1.82, 2.24) is 14.3 Å². The first-order valence-corrected chi connectivity index (χ1v) is 14.7. The van der Waals surface area contributed by atoms with Crippen LogP contribution in [0.2, 0.25) is 5.02 Å². The van der Waals surface area contributed by atoms with Gasteiger partial charge in [-0.25, -0.2) is 17.9 Å². The number of aromatic nitrogens is 2. The van der Waals surface area contributed by atoms with Gasteiger partial charge in [-0.15, -0.1) is 0 Å². The minimum Gasteiger partial charge on any atom is -0.452 e. The molecule has 0 saturated carbocycles. The summed E-state index contributed by atoms with van der Waals surface area (Å²) in [6.45, 7) is 6.48. The van der Waals surface area contributed by atoms with Crippen LogP contribution in [0, 0.1) is 18.8 Å². The van der Waals surface area contributed by atoms with Crippen LogP contribution in [-0.2, 0) is 26.6 Å². The molecule has 0 bridgehead atoms. The number of carbonyl (C=O) groups is 2. The maximum Gasteiger partial charge on any atom is 0.340 e. The quantitative estimate of drug-likeness (QED) is 0.390. The summed E-state index contributed by atoms with van der Waals surface area (Å²) >= 11 is 6.22. The van der Waals surface area contributed by atoms with Crippen molar-refractivity contribution < 1.29 is 22.7 Å². The second kappa shape index (κ2) is 11.5. The van der Waals surface area contributed by atoms with Crippen molar-refractivity contribution in [2.45, 2.75) is 32.1 Å². The Kier molecular flexibility index (Phi) is 8.46. The normalized spacial score (nSPS) is 17.5. The molecule has 1 aromatic heterocycles. The van der Waals surface area contributed by atoms with Gasteiger partial charge in [-0.1, -0.05) is 43.6 Å². The molecule has 2 atom stereocenters. The van der Waals surface area contributed by atoms with Gasteiger partial charge in [-0.2, -0.15) is 0 Å². The Bertz CT molecular complexity index is 1590. The number of ether oxygens (including phenoxy) is 1. The minimum absolute atomic E-state index is 0.0263. The summed E-state index contributed by atoms with van der Waals surface area (Å²) < 4.78 is 36.3. The van der Waals surface area contributed by atoms with Gasteiger partial charge in [-0.05, 0) is 55.5 Å². The number of sulfonamides is 1. The summed E-state index contributed by atoms with van der Waals surface area (Å²) in [6.07, 6.45) is 1.03. The van der Waals surface area contributed by atoms with Gasteiger partial charge in [0.2, 0.25) is 0 Å². The highest BCUT2D eigenvalue weighted by Crippen LogP contribution is 2.27. The molecule has 2 aromatic carbocycles. The van der Waals surface area contributed by atoms with E-state index in [1.807, 2.05) is 6.07 Å². The van der Waals surface area contributed by atoms with Crippen molar-refractivity contribution in [3.8, 4) is 5.69 Å². The lowest BCUT2D eigenvalue weighted by Gasteiger charge is -2.34. The SMILES string of the molecule is Cc1c(N(C)S(=O)(=O)c2ccc(Cl)c(C(=O)OCC(=O)N3CC(C)CC(C)C3)c2)c(=O)n(-c2ccccc2)n1C. The van der Waals surface area contributed by atoms with E-state index in [1.54, 1.807) is 47.8 Å². The number of hydrogen-bond acceptors (Lipinski definition) is 6. The van der Waals surface area contributed by atoms with Gasteiger partial charge >= 0.3 is 5.97 Å². The van der Waals surface area contributed by atoms with Crippen molar-refractivity contribution in [3.63, 3.8) is 0 Å². The van der Waals surface area contributed by atoms with Gasteiger partial charge in [0, 0.05) is 27.2 Å². The molecule has 4 rings (SSSR count). The second-order valence-corrected chi connectivity index (χ2v) is 12.7. The van der Waals surface area contributed by atoms with Gasteiger partial charge in [0.15, 0.2) is 6.61 Å². The lowest BCUT2D eigenvalue weighted by Crippen LogP contribution is -2.44. The first-order chi connectivity index (χ1) is 18.8. The minimum atomic E-state index is -4.29. The predicted molar refractivity (Wildman–Crippen MR) is 153 cm³/mol. The number of nitrogens with zero attached hydrogens (tertiary/aromatic N) is 4. The van der Waals surface area contributed by atoms with Crippen molar-refractivity contribution in [2.75, 3.05) is 31.0 Å². The number of esters is 1. The lowest BCUT2D eigenvalue weighted by atomic mass is 9.92. The molecule has 1 amide bonds. The number of amides is 1. The smallest absolute Gasteiger partial charge is 0.340 e. The Labute approximate surface area is 238 Å². The van der Waals surface area contributed by atoms with E-state index >= 15 is 0 Å². The van der Waals surface area contributed by atoms with Crippen LogP contribution in [-0.4, -0.2) is 61.3 Å². The average Bonchev–Trinajstić information content (AvgIpc) is 3.13. The third-order valence-electron chi connectivity index (χ3n) is 7.20. The summed E-state index contributed by atoms with van der Waals surface area (Å²) in [5.41, 5.74) is 0.241. The molecule has 10 nitrogen and oxygen atoms in total. The molecule has 12 heteroatoms. The number of benzene rings is 2. The fourth-order valence-electron chi connectivity index (χ4n) is 5.18. The largest absolute Gasteiger partial charge is 0.452 e. The van der Waals surface area contributed by atoms with E-state index in [-0.39, 0.29) is 27.1 Å². The molecule has 1 aliphatic rings. The molecule has 1 saturated heterocycles. The number of para-hydroxylation sites is 1. The molecule has 3 aromatic rings. The summed E-state index contributed by atoms with van der Waals surface area (Å²) in [7, 11) is -1.35. The highest BCUT2D eigenvalue weighted by molar-refractivity contribution is 7.92. The van der Waals surface area contributed by atoms with Crippen LogP contribution < -0.4 is 9.86 Å². The monoisotopic (exact) mass is 588 g/mol. The van der Waals surface area contributed by atoms with Crippen LogP contribution in [0.5, 0.6) is 0 Å². The highest BCUT2D eigenvalue weighted by atomic mass is 35.5. The van der Waals surface area contributed by atoms with Crippen LogP contribution in [0.3, 0.4) is 0 Å². The molecular weight excluding hydrogens is 556 g/mol.